The predicted molar refractivity (Wildman–Crippen MR) is 73.1 cm³/mol. The van der Waals surface area contributed by atoms with Crippen LogP contribution >= 0.6 is 11.6 Å². The summed E-state index contributed by atoms with van der Waals surface area (Å²) in [7, 11) is 0. The number of carbonyl (C=O) groups excluding carboxylic acids is 1. The Morgan fingerprint density at radius 2 is 2.35 bits per heavy atom. The first-order valence-corrected chi connectivity index (χ1v) is 6.54. The highest BCUT2D eigenvalue weighted by molar-refractivity contribution is 6.31. The third kappa shape index (κ3) is 2.34. The minimum atomic E-state index is -0.623. The van der Waals surface area contributed by atoms with E-state index in [1.165, 1.54) is 12.1 Å². The molecule has 0 spiro atoms. The fraction of sp³-hybridized carbons (Fsp3) is 0.231. The smallest absolute Gasteiger partial charge is 0.322 e. The van der Waals surface area contributed by atoms with E-state index in [1.807, 2.05) is 0 Å². The molecule has 0 unspecified atom stereocenters. The third-order valence-electron chi connectivity index (χ3n) is 3.26. The number of imidazole rings is 1. The molecular formula is C13H12ClFN4O. The zero-order valence-electron chi connectivity index (χ0n) is 10.5. The Labute approximate surface area is 119 Å². The molecular weight excluding hydrogens is 283 g/mol. The van der Waals surface area contributed by atoms with E-state index in [0.717, 1.165) is 11.4 Å². The second kappa shape index (κ2) is 5.13. The number of fused-ring (bicyclic) bond motifs is 1. The first-order chi connectivity index (χ1) is 9.65. The number of aromatic nitrogens is 2. The number of halogens is 2. The van der Waals surface area contributed by atoms with Gasteiger partial charge in [-0.25, -0.2) is 14.2 Å². The predicted octanol–water partition coefficient (Wildman–Crippen LogP) is 2.79. The van der Waals surface area contributed by atoms with Gasteiger partial charge in [0.15, 0.2) is 5.82 Å². The Bertz CT molecular complexity index is 658. The van der Waals surface area contributed by atoms with Gasteiger partial charge in [0.1, 0.15) is 0 Å². The van der Waals surface area contributed by atoms with E-state index in [4.69, 9.17) is 11.6 Å². The molecule has 1 aliphatic rings. The minimum absolute atomic E-state index is 0.0164. The lowest BCUT2D eigenvalue weighted by atomic mass is 10.1. The number of hydrogen-bond donors (Lipinski definition) is 2. The first kappa shape index (κ1) is 12.9. The van der Waals surface area contributed by atoms with Crippen molar-refractivity contribution in [2.24, 2.45) is 0 Å². The van der Waals surface area contributed by atoms with Crippen molar-refractivity contribution in [3.05, 3.63) is 46.8 Å². The van der Waals surface area contributed by atoms with Crippen LogP contribution in [0.1, 0.15) is 11.4 Å². The molecule has 0 radical (unpaired) electrons. The van der Waals surface area contributed by atoms with Gasteiger partial charge in [-0.1, -0.05) is 17.7 Å². The van der Waals surface area contributed by atoms with Gasteiger partial charge >= 0.3 is 6.03 Å². The fourth-order valence-corrected chi connectivity index (χ4v) is 2.35. The molecule has 2 amide bonds. The number of anilines is 1. The number of nitrogens with one attached hydrogen (secondary N) is 2. The van der Waals surface area contributed by atoms with Crippen LogP contribution in [0.3, 0.4) is 0 Å². The number of amides is 2. The Hall–Kier alpha value is -2.08. The Balaban J connectivity index is 1.73. The van der Waals surface area contributed by atoms with Crippen molar-refractivity contribution in [2.75, 3.05) is 11.9 Å². The number of hydrogen-bond acceptors (Lipinski definition) is 2. The molecule has 1 aromatic heterocycles. The summed E-state index contributed by atoms with van der Waals surface area (Å²) in [5, 5.41) is 2.52. The topological polar surface area (TPSA) is 61.0 Å². The zero-order chi connectivity index (χ0) is 14.1. The monoisotopic (exact) mass is 294 g/mol. The number of nitrogens with zero attached hydrogens (tertiary/aromatic N) is 2. The van der Waals surface area contributed by atoms with Crippen molar-refractivity contribution in [1.82, 2.24) is 14.9 Å². The van der Waals surface area contributed by atoms with Gasteiger partial charge in [0.05, 0.1) is 35.0 Å². The first-order valence-electron chi connectivity index (χ1n) is 6.16. The number of aromatic amines is 1. The minimum Gasteiger partial charge on any atom is -0.347 e. The second-order valence-electron chi connectivity index (χ2n) is 4.53. The van der Waals surface area contributed by atoms with Crippen LogP contribution in [-0.4, -0.2) is 27.4 Å². The third-order valence-corrected chi connectivity index (χ3v) is 3.55. The Morgan fingerprint density at radius 1 is 1.50 bits per heavy atom. The maximum absolute atomic E-state index is 13.7. The lowest BCUT2D eigenvalue weighted by Crippen LogP contribution is -2.39. The van der Waals surface area contributed by atoms with Crippen molar-refractivity contribution in [1.29, 1.82) is 0 Å². The molecule has 7 heteroatoms. The summed E-state index contributed by atoms with van der Waals surface area (Å²) >= 11 is 5.68. The molecule has 0 atom stereocenters. The Kier molecular flexibility index (Phi) is 3.31. The lowest BCUT2D eigenvalue weighted by molar-refractivity contribution is 0.205. The summed E-state index contributed by atoms with van der Waals surface area (Å²) in [5.74, 6) is -0.623. The fourth-order valence-electron chi connectivity index (χ4n) is 2.18. The van der Waals surface area contributed by atoms with E-state index in [0.29, 0.717) is 19.5 Å². The molecule has 0 aliphatic carbocycles. The van der Waals surface area contributed by atoms with Gasteiger partial charge in [0.25, 0.3) is 0 Å². The number of carbonyl (C=O) groups is 1. The van der Waals surface area contributed by atoms with Crippen LogP contribution in [0.25, 0.3) is 0 Å². The van der Waals surface area contributed by atoms with Crippen LogP contribution in [0.4, 0.5) is 14.9 Å². The highest BCUT2D eigenvalue weighted by Crippen LogP contribution is 2.23. The molecule has 1 aliphatic heterocycles. The van der Waals surface area contributed by atoms with Gasteiger partial charge in [-0.2, -0.15) is 0 Å². The number of urea groups is 1. The normalized spacial score (nSPS) is 14.0. The van der Waals surface area contributed by atoms with Gasteiger partial charge in [0, 0.05) is 13.0 Å². The van der Waals surface area contributed by atoms with Gasteiger partial charge < -0.3 is 15.2 Å². The van der Waals surface area contributed by atoms with Crippen molar-refractivity contribution >= 4 is 23.3 Å². The van der Waals surface area contributed by atoms with Gasteiger partial charge in [-0.3, -0.25) is 0 Å². The van der Waals surface area contributed by atoms with E-state index in [2.05, 4.69) is 15.3 Å². The number of benzene rings is 1. The molecule has 20 heavy (non-hydrogen) atoms. The summed E-state index contributed by atoms with van der Waals surface area (Å²) in [6.45, 7) is 0.981. The highest BCUT2D eigenvalue weighted by atomic mass is 35.5. The van der Waals surface area contributed by atoms with E-state index in [9.17, 15) is 9.18 Å². The molecule has 0 saturated carbocycles. The average Bonchev–Trinajstić information content (AvgIpc) is 2.91. The molecule has 0 fully saturated rings. The second-order valence-corrected chi connectivity index (χ2v) is 4.94. The van der Waals surface area contributed by atoms with Gasteiger partial charge in [-0.05, 0) is 12.1 Å². The molecule has 104 valence electrons. The number of H-pyrrole nitrogens is 1. The van der Waals surface area contributed by atoms with Crippen molar-refractivity contribution < 1.29 is 9.18 Å². The summed E-state index contributed by atoms with van der Waals surface area (Å²) in [5.41, 5.74) is 1.97. The zero-order valence-corrected chi connectivity index (χ0v) is 11.2. The molecule has 3 rings (SSSR count). The summed E-state index contributed by atoms with van der Waals surface area (Å²) in [6.07, 6.45) is 2.30. The van der Waals surface area contributed by atoms with Gasteiger partial charge in [-0.15, -0.1) is 0 Å². The van der Waals surface area contributed by atoms with Crippen LogP contribution in [-0.2, 0) is 13.0 Å². The van der Waals surface area contributed by atoms with Crippen molar-refractivity contribution in [3.63, 3.8) is 0 Å². The van der Waals surface area contributed by atoms with Crippen LogP contribution in [0.15, 0.2) is 24.5 Å². The molecule has 5 nitrogen and oxygen atoms in total. The van der Waals surface area contributed by atoms with E-state index in [-0.39, 0.29) is 16.7 Å². The van der Waals surface area contributed by atoms with Crippen LogP contribution in [0.2, 0.25) is 5.02 Å². The molecule has 0 saturated heterocycles. The highest BCUT2D eigenvalue weighted by Gasteiger charge is 2.23. The van der Waals surface area contributed by atoms with E-state index < -0.39 is 5.82 Å². The van der Waals surface area contributed by atoms with Crippen LogP contribution < -0.4 is 5.32 Å². The van der Waals surface area contributed by atoms with Crippen molar-refractivity contribution in [3.8, 4) is 0 Å². The molecule has 0 bridgehead atoms. The van der Waals surface area contributed by atoms with E-state index >= 15 is 0 Å². The summed E-state index contributed by atoms with van der Waals surface area (Å²) in [4.78, 5) is 20.9. The van der Waals surface area contributed by atoms with Crippen LogP contribution in [0, 0.1) is 5.82 Å². The molecule has 2 aromatic rings. The molecule has 1 aromatic carbocycles. The molecule has 2 heterocycles. The van der Waals surface area contributed by atoms with Gasteiger partial charge in [0.2, 0.25) is 0 Å². The number of rotatable bonds is 1. The Morgan fingerprint density at radius 3 is 3.20 bits per heavy atom. The lowest BCUT2D eigenvalue weighted by Gasteiger charge is -2.26. The van der Waals surface area contributed by atoms with Crippen LogP contribution in [0.5, 0.6) is 0 Å². The SMILES string of the molecule is O=C(Nc1cccc(Cl)c1F)N1CCc2nc[nH]c2C1. The largest absolute Gasteiger partial charge is 0.347 e. The quantitative estimate of drug-likeness (QED) is 0.849. The maximum atomic E-state index is 13.7. The standard InChI is InChI=1S/C13H12ClFN4O/c14-8-2-1-3-10(12(8)15)18-13(20)19-5-4-9-11(6-19)17-7-16-9/h1-3,7H,4-6H2,(H,16,17)(H,18,20). The molecule has 2 N–H and O–H groups in total. The average molecular weight is 295 g/mol. The van der Waals surface area contributed by atoms with E-state index in [1.54, 1.807) is 17.3 Å². The summed E-state index contributed by atoms with van der Waals surface area (Å²) in [6, 6.07) is 4.14. The maximum Gasteiger partial charge on any atom is 0.322 e. The summed E-state index contributed by atoms with van der Waals surface area (Å²) < 4.78 is 13.7. The van der Waals surface area contributed by atoms with Crippen molar-refractivity contribution in [2.45, 2.75) is 13.0 Å².